The molecule has 0 spiro atoms. The summed E-state index contributed by atoms with van der Waals surface area (Å²) in [7, 11) is 0. The lowest BCUT2D eigenvalue weighted by Gasteiger charge is -1.99. The molecule has 2 nitrogen and oxygen atoms in total. The Bertz CT molecular complexity index is 358. The first-order valence-corrected chi connectivity index (χ1v) is 13.0. The van der Waals surface area contributed by atoms with E-state index in [4.69, 9.17) is 10.2 Å². The molecule has 0 bridgehead atoms. The van der Waals surface area contributed by atoms with Crippen molar-refractivity contribution < 1.29 is 10.2 Å². The van der Waals surface area contributed by atoms with Crippen LogP contribution in [0.25, 0.3) is 0 Å². The molecule has 2 heteroatoms. The lowest BCUT2D eigenvalue weighted by molar-refractivity contribution is 0.282. The van der Waals surface area contributed by atoms with Crippen molar-refractivity contribution in [3.8, 4) is 0 Å². The average molecular weight is 423 g/mol. The second-order valence-corrected chi connectivity index (χ2v) is 8.16. The third-order valence-electron chi connectivity index (χ3n) is 5.12. The van der Waals surface area contributed by atoms with E-state index in [0.717, 1.165) is 19.3 Å². The second kappa shape index (κ2) is 32.8. The number of aliphatic hydroxyl groups excluding tert-OH is 2. The first-order chi connectivity index (χ1) is 14.8. The van der Waals surface area contributed by atoms with E-state index in [1.54, 1.807) is 0 Å². The van der Waals surface area contributed by atoms with Crippen molar-refractivity contribution in [3.63, 3.8) is 0 Å². The Morgan fingerprint density at radius 2 is 0.867 bits per heavy atom. The first-order valence-electron chi connectivity index (χ1n) is 13.0. The fourth-order valence-corrected chi connectivity index (χ4v) is 3.17. The van der Waals surface area contributed by atoms with Crippen LogP contribution in [0.2, 0.25) is 0 Å². The minimum absolute atomic E-state index is 0.346. The maximum Gasteiger partial charge on any atom is 0.0431 e. The number of hydrogen-bond donors (Lipinski definition) is 2. The molecule has 2 N–H and O–H groups in total. The van der Waals surface area contributed by atoms with E-state index in [-0.39, 0.29) is 0 Å². The number of hydrogen-bond acceptors (Lipinski definition) is 2. The molecule has 0 aromatic rings. The van der Waals surface area contributed by atoms with Gasteiger partial charge in [-0.2, -0.15) is 0 Å². The Hall–Kier alpha value is -0.860. The minimum atomic E-state index is 0.346. The summed E-state index contributed by atoms with van der Waals surface area (Å²) >= 11 is 0. The van der Waals surface area contributed by atoms with Gasteiger partial charge >= 0.3 is 0 Å². The van der Waals surface area contributed by atoms with E-state index in [2.05, 4.69) is 50.3 Å². The van der Waals surface area contributed by atoms with Crippen molar-refractivity contribution in [2.45, 2.75) is 129 Å². The number of aliphatic hydroxyl groups is 2. The van der Waals surface area contributed by atoms with Gasteiger partial charge in [0.05, 0.1) is 0 Å². The Kier molecular flexibility index (Phi) is 34.2. The molecule has 0 amide bonds. The van der Waals surface area contributed by atoms with Crippen molar-refractivity contribution in [2.75, 3.05) is 13.2 Å². The van der Waals surface area contributed by atoms with Crippen LogP contribution < -0.4 is 0 Å². The molecule has 0 aromatic carbocycles. The van der Waals surface area contributed by atoms with Gasteiger partial charge in [0.25, 0.3) is 0 Å². The van der Waals surface area contributed by atoms with Crippen molar-refractivity contribution in [3.05, 3.63) is 36.5 Å². The fraction of sp³-hybridized carbons (Fsp3) is 0.786. The quantitative estimate of drug-likeness (QED) is 0.143. The molecule has 0 saturated heterocycles. The molecule has 30 heavy (non-hydrogen) atoms. The molecule has 0 aliphatic rings. The molecular weight excluding hydrogens is 368 g/mol. The SMILES string of the molecule is C/C=C\CCCCCCCCCO.CCCCC/C=C\C/C=C\CCCCCCO. The van der Waals surface area contributed by atoms with Crippen LogP contribution in [-0.4, -0.2) is 23.4 Å². The summed E-state index contributed by atoms with van der Waals surface area (Å²) in [5, 5.41) is 17.2. The monoisotopic (exact) mass is 422 g/mol. The number of allylic oxidation sites excluding steroid dienone is 6. The smallest absolute Gasteiger partial charge is 0.0431 e. The van der Waals surface area contributed by atoms with E-state index in [0.29, 0.717) is 13.2 Å². The molecule has 0 saturated carbocycles. The predicted octanol–water partition coefficient (Wildman–Crippen LogP) is 8.69. The van der Waals surface area contributed by atoms with Gasteiger partial charge in [0.15, 0.2) is 0 Å². The van der Waals surface area contributed by atoms with Gasteiger partial charge in [0.1, 0.15) is 0 Å². The summed E-state index contributed by atoms with van der Waals surface area (Å²) in [4.78, 5) is 0. The van der Waals surface area contributed by atoms with E-state index < -0.39 is 0 Å². The second-order valence-electron chi connectivity index (χ2n) is 8.16. The lowest BCUT2D eigenvalue weighted by atomic mass is 10.1. The summed E-state index contributed by atoms with van der Waals surface area (Å²) in [6, 6.07) is 0. The Morgan fingerprint density at radius 3 is 1.30 bits per heavy atom. The largest absolute Gasteiger partial charge is 0.396 e. The lowest BCUT2D eigenvalue weighted by Crippen LogP contribution is -1.83. The van der Waals surface area contributed by atoms with Crippen molar-refractivity contribution in [2.24, 2.45) is 0 Å². The molecule has 0 aliphatic carbocycles. The van der Waals surface area contributed by atoms with Gasteiger partial charge in [-0.25, -0.2) is 0 Å². The molecule has 0 rings (SSSR count). The molecule has 0 radical (unpaired) electrons. The molecule has 0 atom stereocenters. The summed E-state index contributed by atoms with van der Waals surface area (Å²) < 4.78 is 0. The first kappa shape index (κ1) is 31.3. The molecular formula is C28H54O2. The van der Waals surface area contributed by atoms with Crippen molar-refractivity contribution >= 4 is 0 Å². The van der Waals surface area contributed by atoms with Crippen molar-refractivity contribution in [1.29, 1.82) is 0 Å². The highest BCUT2D eigenvalue weighted by Crippen LogP contribution is 2.08. The van der Waals surface area contributed by atoms with Gasteiger partial charge in [0.2, 0.25) is 0 Å². The Morgan fingerprint density at radius 1 is 0.467 bits per heavy atom. The maximum atomic E-state index is 8.62. The minimum Gasteiger partial charge on any atom is -0.396 e. The van der Waals surface area contributed by atoms with Gasteiger partial charge in [0, 0.05) is 13.2 Å². The highest BCUT2D eigenvalue weighted by Gasteiger charge is 1.90. The zero-order valence-corrected chi connectivity index (χ0v) is 20.5. The van der Waals surface area contributed by atoms with Gasteiger partial charge in [-0.1, -0.05) is 101 Å². The van der Waals surface area contributed by atoms with Crippen LogP contribution in [0.1, 0.15) is 129 Å². The average Bonchev–Trinajstić information content (AvgIpc) is 2.76. The van der Waals surface area contributed by atoms with Crippen molar-refractivity contribution in [1.82, 2.24) is 0 Å². The van der Waals surface area contributed by atoms with E-state index in [1.807, 2.05) is 0 Å². The van der Waals surface area contributed by atoms with Gasteiger partial charge in [-0.3, -0.25) is 0 Å². The van der Waals surface area contributed by atoms with E-state index >= 15 is 0 Å². The molecule has 0 heterocycles. The van der Waals surface area contributed by atoms with Crippen LogP contribution in [0.5, 0.6) is 0 Å². The maximum absolute atomic E-state index is 8.62. The highest BCUT2D eigenvalue weighted by molar-refractivity contribution is 4.92. The molecule has 0 aromatic heterocycles. The molecule has 0 unspecified atom stereocenters. The third-order valence-corrected chi connectivity index (χ3v) is 5.12. The topological polar surface area (TPSA) is 40.5 Å². The zero-order valence-electron chi connectivity index (χ0n) is 20.5. The predicted molar refractivity (Wildman–Crippen MR) is 136 cm³/mol. The summed E-state index contributed by atoms with van der Waals surface area (Å²) in [5.74, 6) is 0. The third kappa shape index (κ3) is 34.6. The van der Waals surface area contributed by atoms with Crippen LogP contribution in [0, 0.1) is 0 Å². The van der Waals surface area contributed by atoms with Crippen LogP contribution in [-0.2, 0) is 0 Å². The van der Waals surface area contributed by atoms with Gasteiger partial charge in [-0.15, -0.1) is 0 Å². The number of rotatable bonds is 21. The van der Waals surface area contributed by atoms with Crippen LogP contribution in [0.15, 0.2) is 36.5 Å². The van der Waals surface area contributed by atoms with Gasteiger partial charge in [-0.05, 0) is 64.7 Å². The normalized spacial score (nSPS) is 11.6. The molecule has 0 fully saturated rings. The van der Waals surface area contributed by atoms with E-state index in [9.17, 15) is 0 Å². The summed E-state index contributed by atoms with van der Waals surface area (Å²) in [6.45, 7) is 5.03. The number of unbranched alkanes of at least 4 members (excludes halogenated alkanes) is 14. The fourth-order valence-electron chi connectivity index (χ4n) is 3.17. The summed E-state index contributed by atoms with van der Waals surface area (Å²) in [6.07, 6.45) is 35.8. The van der Waals surface area contributed by atoms with Crippen LogP contribution in [0.3, 0.4) is 0 Å². The molecule has 178 valence electrons. The van der Waals surface area contributed by atoms with Gasteiger partial charge < -0.3 is 10.2 Å². The van der Waals surface area contributed by atoms with E-state index in [1.165, 1.54) is 96.3 Å². The molecule has 0 aliphatic heterocycles. The van der Waals surface area contributed by atoms with Crippen LogP contribution >= 0.6 is 0 Å². The standard InChI is InChI=1S/C16H30O.C12H24O/c1-2-3-4-5-6-7-8-9-10-11-12-13-14-15-16-17;1-2-3-4-5-6-7-8-9-10-11-12-13/h6-7,9-10,17H,2-5,8,11-16H2,1H3;2-3,13H,4-12H2,1H3/b7-6-,10-9-;3-2-. The van der Waals surface area contributed by atoms with Crippen LogP contribution in [0.4, 0.5) is 0 Å². The summed E-state index contributed by atoms with van der Waals surface area (Å²) in [5.41, 5.74) is 0. The zero-order chi connectivity index (χ0) is 22.4. The highest BCUT2D eigenvalue weighted by atomic mass is 16.3. The Labute approximate surface area is 189 Å². The Balaban J connectivity index is 0.